The number of urea groups is 1. The normalized spacial score (nSPS) is 34.5. The summed E-state index contributed by atoms with van der Waals surface area (Å²) in [4.78, 5) is 67.2. The summed E-state index contributed by atoms with van der Waals surface area (Å²) in [6, 6.07) is 10.8. The van der Waals surface area contributed by atoms with Crippen molar-refractivity contribution in [1.82, 2.24) is 25.4 Å². The number of aromatic amines is 1. The van der Waals surface area contributed by atoms with Gasteiger partial charge in [0.15, 0.2) is 6.10 Å². The molecule has 5 aliphatic heterocycles. The third-order valence-electron chi connectivity index (χ3n) is 16.6. The molecular weight excluding hydrogens is 829 g/mol. The molecule has 1 unspecified atom stereocenters. The molecule has 4 N–H and O–H groups in total. The number of anilines is 1. The average molecular weight is 895 g/mol. The minimum Gasteiger partial charge on any atom is -0.496 e. The lowest BCUT2D eigenvalue weighted by Crippen LogP contribution is -2.81. The molecule has 65 heavy (non-hydrogen) atoms. The van der Waals surface area contributed by atoms with Crippen LogP contribution < -0.4 is 20.3 Å². The first kappa shape index (κ1) is 45.1. The van der Waals surface area contributed by atoms with Gasteiger partial charge in [-0.05, 0) is 80.7 Å². The van der Waals surface area contributed by atoms with Gasteiger partial charge in [0, 0.05) is 97.5 Å². The van der Waals surface area contributed by atoms with Crippen LogP contribution in [0, 0.1) is 11.3 Å². The third kappa shape index (κ3) is 6.30. The van der Waals surface area contributed by atoms with E-state index in [1.165, 1.54) is 21.1 Å². The second kappa shape index (κ2) is 16.3. The summed E-state index contributed by atoms with van der Waals surface area (Å²) in [6.45, 7) is 11.4. The fourth-order valence-corrected chi connectivity index (χ4v) is 14.2. The maximum absolute atomic E-state index is 15.6. The molecule has 350 valence electrons. The highest BCUT2D eigenvalue weighted by Crippen LogP contribution is 2.68. The van der Waals surface area contributed by atoms with E-state index in [1.807, 2.05) is 50.1 Å². The molecule has 0 radical (unpaired) electrons. The maximum atomic E-state index is 15.6. The topological polar surface area (TPSA) is 175 Å². The number of likely N-dealkylation sites (N-methyl/N-ethyl adjacent to an activating group) is 1. The van der Waals surface area contributed by atoms with E-state index in [4.69, 9.17) is 18.9 Å². The molecular formula is C50H66N6O9. The van der Waals surface area contributed by atoms with Crippen LogP contribution in [0.2, 0.25) is 0 Å². The Kier molecular flexibility index (Phi) is 11.3. The fraction of sp³-hybridized carbons (Fsp3) is 0.600. The molecule has 10 atom stereocenters. The fourth-order valence-electron chi connectivity index (χ4n) is 14.2. The Hall–Kier alpha value is -5.12. The number of para-hydroxylation sites is 1. The van der Waals surface area contributed by atoms with Crippen molar-refractivity contribution >= 4 is 40.5 Å². The molecule has 15 heteroatoms. The SMILES string of the molecule is CCCNC(=O)N[C@@]1(CC)C[C@@H]2CN(CCc3c([nH]c4ccccc34)[C@@](C(=O)OC)(c3cc4c(cc3OC)N(C)[C@H]3[C@@](O)(C(=O)OC)[C@H](OC(C)=O)[C@]5(CC)C=CCN6CC[C@]43[C@@H]65)C2)C1. The van der Waals surface area contributed by atoms with Crippen LogP contribution in [0.25, 0.3) is 10.9 Å². The van der Waals surface area contributed by atoms with Crippen molar-refractivity contribution in [3.8, 4) is 5.75 Å². The van der Waals surface area contributed by atoms with E-state index >= 15 is 4.79 Å². The number of amides is 2. The summed E-state index contributed by atoms with van der Waals surface area (Å²) >= 11 is 0. The molecule has 2 aromatic carbocycles. The molecule has 1 saturated carbocycles. The molecule has 6 heterocycles. The van der Waals surface area contributed by atoms with Gasteiger partial charge in [-0.2, -0.15) is 0 Å². The molecule has 3 aromatic rings. The number of carbonyl (C=O) groups excluding carboxylic acids is 4. The van der Waals surface area contributed by atoms with Gasteiger partial charge in [0.05, 0.1) is 32.9 Å². The lowest BCUT2D eigenvalue weighted by atomic mass is 9.47. The van der Waals surface area contributed by atoms with E-state index in [0.717, 1.165) is 39.8 Å². The van der Waals surface area contributed by atoms with Gasteiger partial charge >= 0.3 is 23.9 Å². The van der Waals surface area contributed by atoms with Crippen molar-refractivity contribution in [2.75, 3.05) is 72.5 Å². The number of fused-ring (bicyclic) bond motifs is 6. The first-order valence-electron chi connectivity index (χ1n) is 23.5. The van der Waals surface area contributed by atoms with Crippen molar-refractivity contribution < 1.29 is 43.2 Å². The predicted molar refractivity (Wildman–Crippen MR) is 245 cm³/mol. The highest BCUT2D eigenvalue weighted by Gasteiger charge is 2.80. The largest absolute Gasteiger partial charge is 0.496 e. The first-order valence-corrected chi connectivity index (χ1v) is 23.5. The summed E-state index contributed by atoms with van der Waals surface area (Å²) in [5.41, 5.74) is -1.39. The monoisotopic (exact) mass is 894 g/mol. The zero-order valence-corrected chi connectivity index (χ0v) is 39.2. The van der Waals surface area contributed by atoms with Crippen molar-refractivity contribution in [3.63, 3.8) is 0 Å². The van der Waals surface area contributed by atoms with E-state index in [1.54, 1.807) is 7.11 Å². The molecule has 1 aromatic heterocycles. The van der Waals surface area contributed by atoms with Gasteiger partial charge in [-0.1, -0.05) is 51.1 Å². The van der Waals surface area contributed by atoms with Crippen LogP contribution in [0.5, 0.6) is 5.75 Å². The smallest absolute Gasteiger partial charge is 0.344 e. The number of methoxy groups -OCH3 is 3. The van der Waals surface area contributed by atoms with E-state index in [-0.39, 0.29) is 18.0 Å². The molecule has 1 aliphatic carbocycles. The summed E-state index contributed by atoms with van der Waals surface area (Å²) < 4.78 is 24.2. The number of esters is 3. The number of ether oxygens (including phenoxy) is 4. The number of nitrogens with one attached hydrogen (secondary N) is 3. The van der Waals surface area contributed by atoms with Gasteiger partial charge in [-0.15, -0.1) is 0 Å². The number of rotatable bonds is 10. The first-order chi connectivity index (χ1) is 31.2. The highest BCUT2D eigenvalue weighted by molar-refractivity contribution is 5.95. The molecule has 2 amide bonds. The molecule has 9 rings (SSSR count). The van der Waals surface area contributed by atoms with Crippen LogP contribution in [-0.4, -0.2) is 141 Å². The van der Waals surface area contributed by atoms with Crippen LogP contribution in [0.4, 0.5) is 10.5 Å². The minimum absolute atomic E-state index is 0.0973. The second-order valence-electron chi connectivity index (χ2n) is 19.6. The Morgan fingerprint density at radius 2 is 1.72 bits per heavy atom. The molecule has 6 aliphatic rings. The lowest BCUT2D eigenvalue weighted by molar-refractivity contribution is -0.228. The lowest BCUT2D eigenvalue weighted by Gasteiger charge is -2.63. The molecule has 15 nitrogen and oxygen atoms in total. The van der Waals surface area contributed by atoms with E-state index in [2.05, 4.69) is 56.6 Å². The van der Waals surface area contributed by atoms with Gasteiger partial charge in [0.2, 0.25) is 5.60 Å². The number of aromatic nitrogens is 1. The standard InChI is InChI=1S/C50H66N6O9/c1-9-20-51-45(60)53-46(10-2)26-31-27-49(43(58)63-7,39-33(17-22-55(28-31)29-46)32-15-12-13-16-36(32)52-39)35-24-34-37(25-38(35)62-6)54(5)41-48(34)19-23-56-21-14-18-47(11-3,40(48)56)42(65-30(4)57)50(41,61)44(59)64-8/h12-16,18,24-25,31,40-42,52,61H,9-11,17,19-23,26-29H2,1-8H3,(H2,51,53,60)/t31-,40-,41+,42+,46-,47+,48+,49-,50-/m0/s1. The Balaban J connectivity index is 1.32. The zero-order valence-electron chi connectivity index (χ0n) is 39.2. The highest BCUT2D eigenvalue weighted by atomic mass is 16.6. The number of benzene rings is 2. The van der Waals surface area contributed by atoms with Gasteiger partial charge in [-0.25, -0.2) is 9.59 Å². The molecule has 2 bridgehead atoms. The van der Waals surface area contributed by atoms with Crippen molar-refractivity contribution in [1.29, 1.82) is 0 Å². The van der Waals surface area contributed by atoms with Crippen LogP contribution >= 0.6 is 0 Å². The summed E-state index contributed by atoms with van der Waals surface area (Å²) in [7, 11) is 6.17. The van der Waals surface area contributed by atoms with Crippen molar-refractivity contribution in [2.24, 2.45) is 11.3 Å². The second-order valence-corrected chi connectivity index (χ2v) is 19.6. The predicted octanol–water partition coefficient (Wildman–Crippen LogP) is 4.71. The van der Waals surface area contributed by atoms with Crippen LogP contribution in [-0.2, 0) is 45.8 Å². The van der Waals surface area contributed by atoms with Crippen LogP contribution in [0.1, 0.15) is 88.6 Å². The summed E-state index contributed by atoms with van der Waals surface area (Å²) in [5, 5.41) is 20.9. The Morgan fingerprint density at radius 3 is 2.42 bits per heavy atom. The van der Waals surface area contributed by atoms with Gasteiger partial charge < -0.3 is 49.5 Å². The summed E-state index contributed by atoms with van der Waals surface area (Å²) in [6.07, 6.45) is 6.94. The van der Waals surface area contributed by atoms with E-state index in [9.17, 15) is 19.5 Å². The Bertz CT molecular complexity index is 2440. The summed E-state index contributed by atoms with van der Waals surface area (Å²) in [5.74, 6) is -1.58. The molecule has 1 spiro atoms. The zero-order chi connectivity index (χ0) is 46.3. The number of carbonyl (C=O) groups is 4. The molecule has 2 saturated heterocycles. The number of hydrogen-bond donors (Lipinski definition) is 4. The molecule has 3 fully saturated rings. The third-order valence-corrected chi connectivity index (χ3v) is 16.6. The van der Waals surface area contributed by atoms with Gasteiger partial charge in [-0.3, -0.25) is 14.5 Å². The minimum atomic E-state index is -2.32. The number of hydrogen-bond acceptors (Lipinski definition) is 12. The number of piperidine rings is 1. The van der Waals surface area contributed by atoms with Crippen LogP contribution in [0.15, 0.2) is 48.6 Å². The van der Waals surface area contributed by atoms with Gasteiger partial charge in [0.25, 0.3) is 0 Å². The number of H-pyrrole nitrogens is 1. The Morgan fingerprint density at radius 1 is 0.954 bits per heavy atom. The number of aliphatic hydroxyl groups is 1. The average Bonchev–Trinajstić information content (AvgIpc) is 3.97. The van der Waals surface area contributed by atoms with Gasteiger partial charge in [0.1, 0.15) is 11.2 Å². The quantitative estimate of drug-likeness (QED) is 0.126. The van der Waals surface area contributed by atoms with Crippen molar-refractivity contribution in [2.45, 2.75) is 113 Å². The Labute approximate surface area is 381 Å². The van der Waals surface area contributed by atoms with E-state index in [0.29, 0.717) is 89.1 Å². The van der Waals surface area contributed by atoms with E-state index < -0.39 is 57.4 Å². The maximum Gasteiger partial charge on any atom is 0.344 e. The van der Waals surface area contributed by atoms with Crippen molar-refractivity contribution in [3.05, 3.63) is 70.9 Å². The van der Waals surface area contributed by atoms with Crippen LogP contribution in [0.3, 0.4) is 0 Å². The number of nitrogens with zero attached hydrogens (tertiary/aromatic N) is 3.